The summed E-state index contributed by atoms with van der Waals surface area (Å²) in [6.45, 7) is 0.993. The number of hydrogen-bond acceptors (Lipinski definition) is 7. The van der Waals surface area contributed by atoms with Crippen LogP contribution in [0.4, 0.5) is 0 Å². The van der Waals surface area contributed by atoms with E-state index in [0.29, 0.717) is 0 Å². The molecule has 0 radical (unpaired) electrons. The Morgan fingerprint density at radius 2 is 1.68 bits per heavy atom. The SMILES string of the molecule is CC1(c2[nH]ncc2S(C)(=O)=O)S(=O)(=O)CCS1(=O)=O. The molecule has 19 heavy (non-hydrogen) atoms. The monoisotopic (exact) mass is 328 g/mol. The molecule has 0 saturated carbocycles. The minimum absolute atomic E-state index is 0.410. The summed E-state index contributed by atoms with van der Waals surface area (Å²) in [7, 11) is -11.8. The second-order valence-corrected chi connectivity index (χ2v) is 11.6. The molecule has 0 bridgehead atoms. The number of sulfone groups is 3. The van der Waals surface area contributed by atoms with Crippen LogP contribution in [-0.2, 0) is 33.6 Å². The van der Waals surface area contributed by atoms with E-state index in [-0.39, 0.29) is 0 Å². The van der Waals surface area contributed by atoms with Crippen LogP contribution in [0, 0.1) is 0 Å². The molecule has 0 atom stereocenters. The van der Waals surface area contributed by atoms with Crippen molar-refractivity contribution in [2.24, 2.45) is 0 Å². The molecular weight excluding hydrogens is 316 g/mol. The van der Waals surface area contributed by atoms with Gasteiger partial charge in [0.1, 0.15) is 4.90 Å². The van der Waals surface area contributed by atoms with E-state index in [2.05, 4.69) is 10.2 Å². The number of nitrogens with one attached hydrogen (secondary N) is 1. The van der Waals surface area contributed by atoms with Crippen LogP contribution in [0.2, 0.25) is 0 Å². The Kier molecular flexibility index (Phi) is 2.89. The minimum Gasteiger partial charge on any atom is -0.278 e. The van der Waals surface area contributed by atoms with Crippen molar-refractivity contribution in [3.63, 3.8) is 0 Å². The summed E-state index contributed by atoms with van der Waals surface area (Å²) in [5.74, 6) is -1.07. The summed E-state index contributed by atoms with van der Waals surface area (Å²) >= 11 is 0. The van der Waals surface area contributed by atoms with E-state index >= 15 is 0 Å². The molecule has 1 aromatic rings. The molecule has 11 heteroatoms. The summed E-state index contributed by atoms with van der Waals surface area (Å²) in [5.41, 5.74) is -0.410. The van der Waals surface area contributed by atoms with Crippen LogP contribution in [0.15, 0.2) is 11.1 Å². The molecule has 0 spiro atoms. The van der Waals surface area contributed by atoms with Crippen LogP contribution in [0.25, 0.3) is 0 Å². The lowest BCUT2D eigenvalue weighted by atomic mass is 10.3. The maximum absolute atomic E-state index is 12.1. The van der Waals surface area contributed by atoms with Gasteiger partial charge in [0.2, 0.25) is 4.08 Å². The van der Waals surface area contributed by atoms with Gasteiger partial charge in [-0.2, -0.15) is 5.10 Å². The van der Waals surface area contributed by atoms with Crippen LogP contribution < -0.4 is 0 Å². The Balaban J connectivity index is 2.89. The summed E-state index contributed by atoms with van der Waals surface area (Å²) < 4.78 is 69.1. The van der Waals surface area contributed by atoms with Crippen LogP contribution in [0.5, 0.6) is 0 Å². The van der Waals surface area contributed by atoms with Crippen LogP contribution in [-0.4, -0.2) is 53.2 Å². The van der Waals surface area contributed by atoms with Crippen LogP contribution in [0.3, 0.4) is 0 Å². The molecular formula is C8H12N2O6S3. The van der Waals surface area contributed by atoms with Gasteiger partial charge in [0, 0.05) is 6.26 Å². The van der Waals surface area contributed by atoms with E-state index < -0.39 is 55.7 Å². The molecule has 1 aromatic heterocycles. The zero-order chi connectivity index (χ0) is 14.7. The van der Waals surface area contributed by atoms with Gasteiger partial charge in [0.25, 0.3) is 0 Å². The lowest BCUT2D eigenvalue weighted by Gasteiger charge is -2.21. The lowest BCUT2D eigenvalue weighted by molar-refractivity contribution is 0.559. The second kappa shape index (κ2) is 3.79. The fraction of sp³-hybridized carbons (Fsp3) is 0.625. The predicted molar refractivity (Wildman–Crippen MR) is 66.6 cm³/mol. The number of aromatic nitrogens is 2. The first-order valence-electron chi connectivity index (χ1n) is 5.12. The van der Waals surface area contributed by atoms with Gasteiger partial charge in [-0.25, -0.2) is 25.3 Å². The number of rotatable bonds is 2. The largest absolute Gasteiger partial charge is 0.278 e. The van der Waals surface area contributed by atoms with E-state index in [1.807, 2.05) is 0 Å². The third kappa shape index (κ3) is 1.82. The van der Waals surface area contributed by atoms with Gasteiger partial charge in [0.05, 0.1) is 23.4 Å². The molecule has 8 nitrogen and oxygen atoms in total. The van der Waals surface area contributed by atoms with Gasteiger partial charge < -0.3 is 0 Å². The maximum atomic E-state index is 12.1. The minimum atomic E-state index is -4.02. The predicted octanol–water partition coefficient (Wildman–Crippen LogP) is -1.17. The smallest absolute Gasteiger partial charge is 0.212 e. The van der Waals surface area contributed by atoms with Crippen LogP contribution >= 0.6 is 0 Å². The first kappa shape index (κ1) is 14.5. The fourth-order valence-corrected chi connectivity index (χ4v) is 8.50. The Labute approximate surface area is 111 Å². The molecule has 0 aromatic carbocycles. The lowest BCUT2D eigenvalue weighted by Crippen LogP contribution is -2.36. The number of nitrogens with zero attached hydrogens (tertiary/aromatic N) is 1. The fourth-order valence-electron chi connectivity index (χ4n) is 1.99. The van der Waals surface area contributed by atoms with Gasteiger partial charge in [0.15, 0.2) is 29.5 Å². The third-order valence-electron chi connectivity index (χ3n) is 3.27. The zero-order valence-electron chi connectivity index (χ0n) is 10.1. The van der Waals surface area contributed by atoms with E-state index in [9.17, 15) is 25.3 Å². The van der Waals surface area contributed by atoms with E-state index in [4.69, 9.17) is 0 Å². The molecule has 1 saturated heterocycles. The summed E-state index contributed by atoms with van der Waals surface area (Å²) in [6, 6.07) is 0. The van der Waals surface area contributed by atoms with Crippen molar-refractivity contribution < 1.29 is 25.3 Å². The first-order chi connectivity index (χ1) is 8.43. The van der Waals surface area contributed by atoms with Crippen LogP contribution in [0.1, 0.15) is 12.6 Å². The van der Waals surface area contributed by atoms with Gasteiger partial charge in [-0.05, 0) is 6.92 Å². The highest BCUT2D eigenvalue weighted by atomic mass is 32.3. The van der Waals surface area contributed by atoms with E-state index in [1.165, 1.54) is 0 Å². The van der Waals surface area contributed by atoms with Crippen molar-refractivity contribution in [3.8, 4) is 0 Å². The molecule has 108 valence electrons. The molecule has 0 amide bonds. The number of H-pyrrole nitrogens is 1. The second-order valence-electron chi connectivity index (χ2n) is 4.46. The number of aromatic amines is 1. The molecule has 1 aliphatic rings. The summed E-state index contributed by atoms with van der Waals surface area (Å²) in [6.07, 6.45) is 1.78. The maximum Gasteiger partial charge on any atom is 0.212 e. The first-order valence-corrected chi connectivity index (χ1v) is 10.3. The molecule has 0 unspecified atom stereocenters. The van der Waals surface area contributed by atoms with Crippen molar-refractivity contribution in [3.05, 3.63) is 11.9 Å². The average Bonchev–Trinajstić information content (AvgIpc) is 2.78. The van der Waals surface area contributed by atoms with E-state index in [0.717, 1.165) is 19.4 Å². The standard InChI is InChI=1S/C8H12N2O6S3/c1-8(18(13,14)3-4-19(8,15)16)7-6(5-9-10-7)17(2,11)12/h5H,3-4H2,1-2H3,(H,9,10). The zero-order valence-corrected chi connectivity index (χ0v) is 12.6. The molecule has 2 rings (SSSR count). The Bertz CT molecular complexity index is 797. The van der Waals surface area contributed by atoms with Crippen molar-refractivity contribution in [1.29, 1.82) is 0 Å². The molecule has 1 N–H and O–H groups in total. The van der Waals surface area contributed by atoms with E-state index in [1.54, 1.807) is 0 Å². The highest BCUT2D eigenvalue weighted by Crippen LogP contribution is 2.43. The van der Waals surface area contributed by atoms with Crippen molar-refractivity contribution in [2.45, 2.75) is 15.9 Å². The molecule has 2 heterocycles. The Hall–Kier alpha value is -0.940. The van der Waals surface area contributed by atoms with Gasteiger partial charge in [-0.15, -0.1) is 0 Å². The van der Waals surface area contributed by atoms with Gasteiger partial charge in [-0.3, -0.25) is 5.10 Å². The summed E-state index contributed by atoms with van der Waals surface area (Å²) in [4.78, 5) is -0.413. The number of hydrogen-bond donors (Lipinski definition) is 1. The normalized spacial score (nSPS) is 24.3. The topological polar surface area (TPSA) is 131 Å². The highest BCUT2D eigenvalue weighted by Gasteiger charge is 2.59. The molecule has 1 fully saturated rings. The highest BCUT2D eigenvalue weighted by molar-refractivity contribution is 8.12. The summed E-state index contributed by atoms with van der Waals surface area (Å²) in [5, 5.41) is 5.69. The molecule has 0 aliphatic carbocycles. The Morgan fingerprint density at radius 1 is 1.21 bits per heavy atom. The molecule has 1 aliphatic heterocycles. The van der Waals surface area contributed by atoms with Crippen molar-refractivity contribution in [2.75, 3.05) is 17.8 Å². The van der Waals surface area contributed by atoms with Gasteiger partial charge >= 0.3 is 0 Å². The van der Waals surface area contributed by atoms with Crippen molar-refractivity contribution in [1.82, 2.24) is 10.2 Å². The third-order valence-corrected chi connectivity index (χ3v) is 10.4. The van der Waals surface area contributed by atoms with Gasteiger partial charge in [-0.1, -0.05) is 0 Å². The average molecular weight is 328 g/mol. The van der Waals surface area contributed by atoms with Crippen molar-refractivity contribution >= 4 is 29.5 Å². The Morgan fingerprint density at radius 3 is 2.11 bits per heavy atom. The quantitative estimate of drug-likeness (QED) is 0.723.